The number of rotatable bonds is 8. The van der Waals surface area contributed by atoms with E-state index in [0.29, 0.717) is 18.8 Å². The molecule has 0 spiro atoms. The number of carbonyl (C=O) groups excluding carboxylic acids is 1. The van der Waals surface area contributed by atoms with E-state index in [4.69, 9.17) is 4.74 Å². The summed E-state index contributed by atoms with van der Waals surface area (Å²) in [6, 6.07) is 4.39. The fraction of sp³-hybridized carbons (Fsp3) is 0.500. The highest BCUT2D eigenvalue weighted by Gasteiger charge is 2.16. The zero-order valence-electron chi connectivity index (χ0n) is 12.6. The quantitative estimate of drug-likeness (QED) is 0.587. The number of hydrogen-bond acceptors (Lipinski definition) is 5. The molecule has 0 bridgehead atoms. The number of anilines is 1. The highest BCUT2D eigenvalue weighted by molar-refractivity contribution is 5.89. The van der Waals surface area contributed by atoms with Gasteiger partial charge in [0.1, 0.15) is 6.61 Å². The summed E-state index contributed by atoms with van der Waals surface area (Å²) in [5, 5.41) is 13.6. The van der Waals surface area contributed by atoms with Crippen LogP contribution in [0.4, 0.5) is 11.4 Å². The van der Waals surface area contributed by atoms with E-state index in [9.17, 15) is 14.9 Å². The molecule has 0 aliphatic carbocycles. The van der Waals surface area contributed by atoms with E-state index in [1.807, 2.05) is 13.8 Å². The predicted molar refractivity (Wildman–Crippen MR) is 80.7 cm³/mol. The van der Waals surface area contributed by atoms with Crippen LogP contribution in [0.3, 0.4) is 0 Å². The number of carbonyl (C=O) groups is 1. The minimum atomic E-state index is -0.516. The van der Waals surface area contributed by atoms with Crippen LogP contribution in [0.2, 0.25) is 0 Å². The van der Waals surface area contributed by atoms with E-state index >= 15 is 0 Å². The Bertz CT molecular complexity index is 501. The van der Waals surface area contributed by atoms with Crippen molar-refractivity contribution in [3.05, 3.63) is 28.3 Å². The van der Waals surface area contributed by atoms with Crippen LogP contribution in [-0.2, 0) is 4.79 Å². The van der Waals surface area contributed by atoms with Crippen molar-refractivity contribution in [2.45, 2.75) is 20.8 Å². The molecular weight excluding hydrogens is 274 g/mol. The highest BCUT2D eigenvalue weighted by atomic mass is 16.6. The number of nitro benzene ring substituents is 1. The van der Waals surface area contributed by atoms with Crippen LogP contribution >= 0.6 is 0 Å². The lowest BCUT2D eigenvalue weighted by atomic mass is 10.2. The van der Waals surface area contributed by atoms with Crippen molar-refractivity contribution in [1.82, 2.24) is 4.90 Å². The lowest BCUT2D eigenvalue weighted by Crippen LogP contribution is -2.28. The molecule has 116 valence electrons. The van der Waals surface area contributed by atoms with Gasteiger partial charge in [0, 0.05) is 25.2 Å². The Morgan fingerprint density at radius 2 is 2.05 bits per heavy atom. The second-order valence-electron chi connectivity index (χ2n) is 4.50. The van der Waals surface area contributed by atoms with Crippen molar-refractivity contribution in [2.24, 2.45) is 0 Å². The third-order valence-corrected chi connectivity index (χ3v) is 3.04. The Balaban J connectivity index is 2.77. The molecule has 0 fully saturated rings. The molecule has 21 heavy (non-hydrogen) atoms. The van der Waals surface area contributed by atoms with Gasteiger partial charge in [-0.1, -0.05) is 13.8 Å². The second-order valence-corrected chi connectivity index (χ2v) is 4.50. The molecule has 1 aromatic rings. The molecule has 0 heterocycles. The van der Waals surface area contributed by atoms with Crippen LogP contribution < -0.4 is 10.1 Å². The third kappa shape index (κ3) is 5.39. The monoisotopic (exact) mass is 295 g/mol. The van der Waals surface area contributed by atoms with Gasteiger partial charge in [0.25, 0.3) is 0 Å². The first-order valence-corrected chi connectivity index (χ1v) is 6.89. The van der Waals surface area contributed by atoms with Crippen molar-refractivity contribution < 1.29 is 14.5 Å². The fourth-order valence-corrected chi connectivity index (χ4v) is 1.89. The van der Waals surface area contributed by atoms with E-state index < -0.39 is 4.92 Å². The summed E-state index contributed by atoms with van der Waals surface area (Å²) in [6.07, 6.45) is 0. The van der Waals surface area contributed by atoms with E-state index in [1.165, 1.54) is 19.1 Å². The van der Waals surface area contributed by atoms with Crippen LogP contribution in [0.5, 0.6) is 5.75 Å². The molecular formula is C14H21N3O4. The van der Waals surface area contributed by atoms with Crippen LogP contribution in [0.15, 0.2) is 18.2 Å². The normalized spacial score (nSPS) is 10.5. The van der Waals surface area contributed by atoms with E-state index in [1.54, 1.807) is 6.07 Å². The molecule has 0 aliphatic heterocycles. The maximum absolute atomic E-state index is 11.1. The molecule has 0 aliphatic rings. The minimum Gasteiger partial charge on any atom is -0.485 e. The van der Waals surface area contributed by atoms with Crippen LogP contribution in [0, 0.1) is 10.1 Å². The fourth-order valence-electron chi connectivity index (χ4n) is 1.89. The molecule has 1 rings (SSSR count). The number of nitrogens with one attached hydrogen (secondary N) is 1. The van der Waals surface area contributed by atoms with Crippen molar-refractivity contribution in [2.75, 3.05) is 31.6 Å². The Kier molecular flexibility index (Phi) is 6.61. The smallest absolute Gasteiger partial charge is 0.312 e. The number of hydrogen-bond donors (Lipinski definition) is 1. The van der Waals surface area contributed by atoms with E-state index in [-0.39, 0.29) is 17.3 Å². The summed E-state index contributed by atoms with van der Waals surface area (Å²) >= 11 is 0. The van der Waals surface area contributed by atoms with Crippen molar-refractivity contribution in [1.29, 1.82) is 0 Å². The first-order chi connectivity index (χ1) is 9.97. The molecule has 7 nitrogen and oxygen atoms in total. The molecule has 0 aromatic heterocycles. The van der Waals surface area contributed by atoms with E-state index in [2.05, 4.69) is 10.2 Å². The molecule has 1 amide bonds. The highest BCUT2D eigenvalue weighted by Crippen LogP contribution is 2.30. The predicted octanol–water partition coefficient (Wildman–Crippen LogP) is 2.27. The molecule has 1 N–H and O–H groups in total. The molecule has 0 saturated heterocycles. The topological polar surface area (TPSA) is 84.7 Å². The van der Waals surface area contributed by atoms with Gasteiger partial charge in [-0.15, -0.1) is 0 Å². The van der Waals surface area contributed by atoms with Crippen LogP contribution in [0.1, 0.15) is 20.8 Å². The Morgan fingerprint density at radius 3 is 2.57 bits per heavy atom. The van der Waals surface area contributed by atoms with Gasteiger partial charge in [-0.25, -0.2) is 0 Å². The minimum absolute atomic E-state index is 0.152. The SMILES string of the molecule is CCN(CC)CCOc1ccc(NC(C)=O)cc1[N+](=O)[O-]. The van der Waals surface area contributed by atoms with Gasteiger partial charge in [-0.2, -0.15) is 0 Å². The summed E-state index contributed by atoms with van der Waals surface area (Å²) in [5.74, 6) is -0.0687. The largest absolute Gasteiger partial charge is 0.485 e. The van der Waals surface area contributed by atoms with Gasteiger partial charge >= 0.3 is 5.69 Å². The third-order valence-electron chi connectivity index (χ3n) is 3.04. The van der Waals surface area contributed by atoms with Crippen LogP contribution in [-0.4, -0.2) is 42.0 Å². The second kappa shape index (κ2) is 8.21. The van der Waals surface area contributed by atoms with Gasteiger partial charge < -0.3 is 15.0 Å². The van der Waals surface area contributed by atoms with Gasteiger partial charge in [0.05, 0.1) is 4.92 Å². The van der Waals surface area contributed by atoms with Crippen LogP contribution in [0.25, 0.3) is 0 Å². The molecule has 1 aromatic carbocycles. The molecule has 0 radical (unpaired) electrons. The van der Waals surface area contributed by atoms with Crippen molar-refractivity contribution in [3.8, 4) is 5.75 Å². The van der Waals surface area contributed by atoms with Gasteiger partial charge in [0.15, 0.2) is 5.75 Å². The molecule has 7 heteroatoms. The maximum atomic E-state index is 11.1. The van der Waals surface area contributed by atoms with Gasteiger partial charge in [0.2, 0.25) is 5.91 Å². The summed E-state index contributed by atoms with van der Waals surface area (Å²) in [4.78, 5) is 23.7. The summed E-state index contributed by atoms with van der Waals surface area (Å²) in [6.45, 7) is 8.34. The summed E-state index contributed by atoms with van der Waals surface area (Å²) < 4.78 is 5.50. The maximum Gasteiger partial charge on any atom is 0.312 e. The van der Waals surface area contributed by atoms with Gasteiger partial charge in [-0.05, 0) is 25.2 Å². The Hall–Kier alpha value is -2.15. The summed E-state index contributed by atoms with van der Waals surface area (Å²) in [5.41, 5.74) is 0.228. The average Bonchev–Trinajstić information content (AvgIpc) is 2.44. The number of ether oxygens (including phenoxy) is 1. The zero-order chi connectivity index (χ0) is 15.8. The average molecular weight is 295 g/mol. The Labute approximate surface area is 124 Å². The molecule has 0 unspecified atom stereocenters. The number of benzene rings is 1. The molecule has 0 atom stereocenters. The first-order valence-electron chi connectivity index (χ1n) is 6.89. The first kappa shape index (κ1) is 16.9. The standard InChI is InChI=1S/C14H21N3O4/c1-4-16(5-2)8-9-21-14-7-6-12(15-11(3)18)10-13(14)17(19)20/h6-7,10H,4-5,8-9H2,1-3H3,(H,15,18). The number of amides is 1. The lowest BCUT2D eigenvalue weighted by molar-refractivity contribution is -0.385. The number of nitro groups is 1. The van der Waals surface area contributed by atoms with Crippen molar-refractivity contribution in [3.63, 3.8) is 0 Å². The summed E-state index contributed by atoms with van der Waals surface area (Å²) in [7, 11) is 0. The van der Waals surface area contributed by atoms with E-state index in [0.717, 1.165) is 13.1 Å². The zero-order valence-corrected chi connectivity index (χ0v) is 12.6. The number of likely N-dealkylation sites (N-methyl/N-ethyl adjacent to an activating group) is 1. The number of nitrogens with zero attached hydrogens (tertiary/aromatic N) is 2. The van der Waals surface area contributed by atoms with Gasteiger partial charge in [-0.3, -0.25) is 14.9 Å². The lowest BCUT2D eigenvalue weighted by Gasteiger charge is -2.18. The van der Waals surface area contributed by atoms with Crippen molar-refractivity contribution >= 4 is 17.3 Å². The Morgan fingerprint density at radius 1 is 1.38 bits per heavy atom. The molecule has 0 saturated carbocycles.